The molecule has 0 radical (unpaired) electrons. The fourth-order valence-corrected chi connectivity index (χ4v) is 3.74. The number of hydrogen-bond acceptors (Lipinski definition) is 5. The first-order valence-corrected chi connectivity index (χ1v) is 12.2. The number of hydrogen-bond donors (Lipinski definition) is 2. The van der Waals surface area contributed by atoms with Crippen molar-refractivity contribution >= 4 is 11.8 Å². The van der Waals surface area contributed by atoms with Gasteiger partial charge in [-0.1, -0.05) is 59.7 Å². The van der Waals surface area contributed by atoms with E-state index in [-0.39, 0.29) is 16.5 Å². The standard InChI is InChI=1S/C28H33N7O2/c1-18-24(33-35(31-18)21-11-9-8-10-12-21)26(37)30-29-25(36)19-13-15-20(16-14-19)34-23(28(5,6)7)17-22(32-34)27(2,3)4/h8-17H,1-7H3,(H,29,36)(H,30,37). The van der Waals surface area contributed by atoms with Crippen LogP contribution in [-0.2, 0) is 10.8 Å². The second kappa shape index (κ2) is 9.65. The van der Waals surface area contributed by atoms with Crippen LogP contribution in [0.2, 0.25) is 0 Å². The van der Waals surface area contributed by atoms with Crippen molar-refractivity contribution in [3.05, 3.63) is 89.0 Å². The maximum absolute atomic E-state index is 12.7. The van der Waals surface area contributed by atoms with E-state index in [2.05, 4.69) is 68.7 Å². The van der Waals surface area contributed by atoms with Crippen LogP contribution in [-0.4, -0.2) is 36.6 Å². The molecule has 0 atom stereocenters. The lowest BCUT2D eigenvalue weighted by Crippen LogP contribution is -2.42. The van der Waals surface area contributed by atoms with Crippen molar-refractivity contribution in [2.45, 2.75) is 59.3 Å². The number of amides is 2. The molecule has 4 rings (SSSR count). The van der Waals surface area contributed by atoms with Gasteiger partial charge in [-0.25, -0.2) is 4.68 Å². The van der Waals surface area contributed by atoms with Gasteiger partial charge in [0.05, 0.1) is 22.8 Å². The van der Waals surface area contributed by atoms with Crippen molar-refractivity contribution in [2.24, 2.45) is 0 Å². The molecule has 2 heterocycles. The number of carbonyl (C=O) groups is 2. The van der Waals surface area contributed by atoms with Gasteiger partial charge in [-0.2, -0.15) is 15.0 Å². The fourth-order valence-electron chi connectivity index (χ4n) is 3.74. The van der Waals surface area contributed by atoms with Gasteiger partial charge in [0.2, 0.25) is 0 Å². The molecule has 192 valence electrons. The minimum absolute atomic E-state index is 0.0892. The average molecular weight is 500 g/mol. The van der Waals surface area contributed by atoms with Crippen LogP contribution < -0.4 is 10.9 Å². The Morgan fingerprint density at radius 1 is 0.730 bits per heavy atom. The van der Waals surface area contributed by atoms with Gasteiger partial charge in [-0.05, 0) is 49.4 Å². The lowest BCUT2D eigenvalue weighted by molar-refractivity contribution is 0.0843. The number of carbonyl (C=O) groups excluding carboxylic acids is 2. The number of aryl methyl sites for hydroxylation is 1. The Bertz CT molecular complexity index is 1420. The summed E-state index contributed by atoms with van der Waals surface area (Å²) < 4.78 is 1.93. The van der Waals surface area contributed by atoms with Crippen LogP contribution in [0, 0.1) is 6.92 Å². The zero-order chi connectivity index (χ0) is 27.0. The molecule has 0 aliphatic heterocycles. The first-order chi connectivity index (χ1) is 17.3. The lowest BCUT2D eigenvalue weighted by atomic mass is 9.88. The molecule has 2 aromatic heterocycles. The largest absolute Gasteiger partial charge is 0.292 e. The molecule has 0 spiro atoms. The highest BCUT2D eigenvalue weighted by atomic mass is 16.2. The van der Waals surface area contributed by atoms with Crippen molar-refractivity contribution in [3.8, 4) is 11.4 Å². The van der Waals surface area contributed by atoms with Gasteiger partial charge >= 0.3 is 0 Å². The molecule has 0 saturated heterocycles. The van der Waals surface area contributed by atoms with E-state index in [9.17, 15) is 9.59 Å². The minimum Gasteiger partial charge on any atom is -0.267 e. The quantitative estimate of drug-likeness (QED) is 0.404. The Labute approximate surface area is 216 Å². The molecule has 0 bridgehead atoms. The van der Waals surface area contributed by atoms with Crippen LogP contribution >= 0.6 is 0 Å². The number of para-hydroxylation sites is 1. The van der Waals surface area contributed by atoms with Gasteiger partial charge in [0.1, 0.15) is 0 Å². The van der Waals surface area contributed by atoms with Gasteiger partial charge < -0.3 is 0 Å². The van der Waals surface area contributed by atoms with E-state index in [1.807, 2.05) is 47.1 Å². The molecule has 9 nitrogen and oxygen atoms in total. The van der Waals surface area contributed by atoms with E-state index < -0.39 is 11.8 Å². The van der Waals surface area contributed by atoms with E-state index in [0.717, 1.165) is 22.8 Å². The van der Waals surface area contributed by atoms with Crippen molar-refractivity contribution in [1.29, 1.82) is 0 Å². The Morgan fingerprint density at radius 2 is 1.35 bits per heavy atom. The van der Waals surface area contributed by atoms with Gasteiger partial charge in [0.25, 0.3) is 11.8 Å². The molecule has 0 saturated carbocycles. The van der Waals surface area contributed by atoms with E-state index in [4.69, 9.17) is 5.10 Å². The summed E-state index contributed by atoms with van der Waals surface area (Å²) in [5.74, 6) is -0.995. The predicted octanol–water partition coefficient (Wildman–Crippen LogP) is 4.43. The second-order valence-corrected chi connectivity index (χ2v) is 11.0. The summed E-state index contributed by atoms with van der Waals surface area (Å²) in [6, 6.07) is 18.5. The molecule has 0 unspecified atom stereocenters. The predicted molar refractivity (Wildman–Crippen MR) is 142 cm³/mol. The maximum Gasteiger partial charge on any atom is 0.292 e. The van der Waals surface area contributed by atoms with Gasteiger partial charge in [-0.15, -0.1) is 5.10 Å². The summed E-state index contributed by atoms with van der Waals surface area (Å²) in [5, 5.41) is 13.4. The van der Waals surface area contributed by atoms with Crippen LogP contribution in [0.4, 0.5) is 0 Å². The SMILES string of the molecule is Cc1nn(-c2ccccc2)nc1C(=O)NNC(=O)c1ccc(-n2nc(C(C)(C)C)cc2C(C)(C)C)cc1. The first kappa shape index (κ1) is 25.8. The number of nitrogens with zero attached hydrogens (tertiary/aromatic N) is 5. The molecule has 4 aromatic rings. The smallest absolute Gasteiger partial charge is 0.267 e. The van der Waals surface area contributed by atoms with Crippen LogP contribution in [0.15, 0.2) is 60.7 Å². The van der Waals surface area contributed by atoms with E-state index >= 15 is 0 Å². The third kappa shape index (κ3) is 5.61. The van der Waals surface area contributed by atoms with Crippen molar-refractivity contribution in [2.75, 3.05) is 0 Å². The Hall–Kier alpha value is -4.27. The molecule has 2 aromatic carbocycles. The summed E-state index contributed by atoms with van der Waals surface area (Å²) in [4.78, 5) is 26.7. The molecule has 2 N–H and O–H groups in total. The van der Waals surface area contributed by atoms with E-state index in [1.54, 1.807) is 19.1 Å². The van der Waals surface area contributed by atoms with Gasteiger partial charge in [0.15, 0.2) is 5.69 Å². The highest BCUT2D eigenvalue weighted by Crippen LogP contribution is 2.30. The van der Waals surface area contributed by atoms with Crippen LogP contribution in [0.5, 0.6) is 0 Å². The van der Waals surface area contributed by atoms with Crippen molar-refractivity contribution in [1.82, 2.24) is 35.6 Å². The number of nitrogens with one attached hydrogen (secondary N) is 2. The first-order valence-electron chi connectivity index (χ1n) is 12.2. The summed E-state index contributed by atoms with van der Waals surface area (Å²) in [6.45, 7) is 14.5. The third-order valence-electron chi connectivity index (χ3n) is 5.89. The molecule has 0 aliphatic carbocycles. The Kier molecular flexibility index (Phi) is 6.73. The normalized spacial score (nSPS) is 11.9. The summed E-state index contributed by atoms with van der Waals surface area (Å²) in [5.41, 5.74) is 9.32. The molecule has 9 heteroatoms. The minimum atomic E-state index is -0.550. The number of aromatic nitrogens is 5. The molecular formula is C28H33N7O2. The molecular weight excluding hydrogens is 466 g/mol. The van der Waals surface area contributed by atoms with Gasteiger partial charge in [0, 0.05) is 22.1 Å². The van der Waals surface area contributed by atoms with Gasteiger partial charge in [-0.3, -0.25) is 20.4 Å². The highest BCUT2D eigenvalue weighted by molar-refractivity contribution is 5.98. The fraction of sp³-hybridized carbons (Fsp3) is 0.321. The van der Waals surface area contributed by atoms with Crippen molar-refractivity contribution < 1.29 is 9.59 Å². The zero-order valence-corrected chi connectivity index (χ0v) is 22.3. The van der Waals surface area contributed by atoms with Crippen molar-refractivity contribution in [3.63, 3.8) is 0 Å². The lowest BCUT2D eigenvalue weighted by Gasteiger charge is -2.20. The Balaban J connectivity index is 1.47. The number of benzene rings is 2. The Morgan fingerprint density at radius 3 is 1.95 bits per heavy atom. The summed E-state index contributed by atoms with van der Waals surface area (Å²) >= 11 is 0. The third-order valence-corrected chi connectivity index (χ3v) is 5.89. The van der Waals surface area contributed by atoms with Crippen LogP contribution in [0.25, 0.3) is 11.4 Å². The van der Waals surface area contributed by atoms with Crippen LogP contribution in [0.3, 0.4) is 0 Å². The zero-order valence-electron chi connectivity index (χ0n) is 22.3. The average Bonchev–Trinajstić information content (AvgIpc) is 3.48. The second-order valence-electron chi connectivity index (χ2n) is 11.0. The number of rotatable bonds is 4. The molecule has 2 amide bonds. The molecule has 37 heavy (non-hydrogen) atoms. The van der Waals surface area contributed by atoms with Crippen LogP contribution in [0.1, 0.15) is 79.5 Å². The maximum atomic E-state index is 12.7. The molecule has 0 fully saturated rings. The number of hydrazine groups is 1. The summed E-state index contributed by atoms with van der Waals surface area (Å²) in [6.07, 6.45) is 0. The topological polar surface area (TPSA) is 107 Å². The van der Waals surface area contributed by atoms with E-state index in [1.165, 1.54) is 4.80 Å². The van der Waals surface area contributed by atoms with E-state index in [0.29, 0.717) is 11.3 Å². The monoisotopic (exact) mass is 499 g/mol. The summed E-state index contributed by atoms with van der Waals surface area (Å²) in [7, 11) is 0. The molecule has 0 aliphatic rings. The highest BCUT2D eigenvalue weighted by Gasteiger charge is 2.26.